The molecule has 0 aliphatic carbocycles. The molecular formula is C22H20FNO3S2. The maximum absolute atomic E-state index is 13.2. The number of thiocarbonyl (C=S) groups is 1. The van der Waals surface area contributed by atoms with Gasteiger partial charge in [0.15, 0.2) is 0 Å². The maximum atomic E-state index is 13.2. The quantitative estimate of drug-likeness (QED) is 0.488. The van der Waals surface area contributed by atoms with Gasteiger partial charge >= 0.3 is 0 Å². The van der Waals surface area contributed by atoms with Gasteiger partial charge in [0.2, 0.25) is 0 Å². The van der Waals surface area contributed by atoms with Crippen LogP contribution >= 0.6 is 24.0 Å². The average Bonchev–Trinajstić information content (AvgIpc) is 3.32. The molecule has 2 fully saturated rings. The summed E-state index contributed by atoms with van der Waals surface area (Å²) in [5.41, 5.74) is 1.66. The van der Waals surface area contributed by atoms with E-state index in [1.807, 2.05) is 36.4 Å². The summed E-state index contributed by atoms with van der Waals surface area (Å²) in [6, 6.07) is 13.8. The highest BCUT2D eigenvalue weighted by Gasteiger charge is 2.34. The Kier molecular flexibility index (Phi) is 6.28. The smallest absolute Gasteiger partial charge is 0.266 e. The van der Waals surface area contributed by atoms with Gasteiger partial charge in [-0.25, -0.2) is 4.39 Å². The van der Waals surface area contributed by atoms with Crippen LogP contribution in [0.15, 0.2) is 53.4 Å². The topological polar surface area (TPSA) is 38.8 Å². The Morgan fingerprint density at radius 3 is 2.83 bits per heavy atom. The van der Waals surface area contributed by atoms with Gasteiger partial charge in [-0.3, -0.25) is 9.69 Å². The van der Waals surface area contributed by atoms with Gasteiger partial charge in [-0.2, -0.15) is 0 Å². The van der Waals surface area contributed by atoms with Gasteiger partial charge in [0, 0.05) is 6.61 Å². The zero-order chi connectivity index (χ0) is 20.2. The lowest BCUT2D eigenvalue weighted by Gasteiger charge is -2.18. The fourth-order valence-electron chi connectivity index (χ4n) is 3.25. The maximum Gasteiger partial charge on any atom is 0.266 e. The number of benzene rings is 2. The predicted octanol–water partition coefficient (Wildman–Crippen LogP) is 4.78. The largest absolute Gasteiger partial charge is 0.489 e. The molecule has 2 aromatic carbocycles. The summed E-state index contributed by atoms with van der Waals surface area (Å²) >= 11 is 6.70. The minimum Gasteiger partial charge on any atom is -0.489 e. The van der Waals surface area contributed by atoms with Crippen molar-refractivity contribution in [1.29, 1.82) is 0 Å². The van der Waals surface area contributed by atoms with E-state index in [9.17, 15) is 9.18 Å². The van der Waals surface area contributed by atoms with Crippen LogP contribution in [0.2, 0.25) is 0 Å². The minimum atomic E-state index is -0.279. The van der Waals surface area contributed by atoms with Crippen LogP contribution in [-0.4, -0.2) is 34.4 Å². The number of carbonyl (C=O) groups is 1. The fourth-order valence-corrected chi connectivity index (χ4v) is 4.53. The van der Waals surface area contributed by atoms with E-state index in [0.29, 0.717) is 28.1 Å². The molecule has 29 heavy (non-hydrogen) atoms. The van der Waals surface area contributed by atoms with Gasteiger partial charge in [0.25, 0.3) is 5.91 Å². The second-order valence-corrected chi connectivity index (χ2v) is 8.59. The number of ether oxygens (including phenoxy) is 2. The molecule has 0 N–H and O–H groups in total. The Balaban J connectivity index is 1.38. The third-order valence-electron chi connectivity index (χ3n) is 4.76. The summed E-state index contributed by atoms with van der Waals surface area (Å²) in [5, 5.41) is 0. The zero-order valence-corrected chi connectivity index (χ0v) is 17.3. The number of hydrogen-bond donors (Lipinski definition) is 0. The van der Waals surface area contributed by atoms with Crippen LogP contribution in [-0.2, 0) is 16.1 Å². The number of amides is 1. The van der Waals surface area contributed by atoms with Crippen LogP contribution in [0.25, 0.3) is 6.08 Å². The standard InChI is InChI=1S/C22H20FNO3S2/c23-17-4-1-3-16(11-17)14-27-18-8-6-15(7-9-18)12-20-21(25)24(22(28)29-20)13-19-5-2-10-26-19/h1,3-4,6-9,11-12,19H,2,5,10,13-14H2/b20-12-/t19-/m1/s1. The lowest BCUT2D eigenvalue weighted by Crippen LogP contribution is -2.35. The van der Waals surface area contributed by atoms with Crippen LogP contribution in [0.1, 0.15) is 24.0 Å². The lowest BCUT2D eigenvalue weighted by molar-refractivity contribution is -0.123. The van der Waals surface area contributed by atoms with Crippen molar-refractivity contribution in [2.24, 2.45) is 0 Å². The van der Waals surface area contributed by atoms with E-state index >= 15 is 0 Å². The van der Waals surface area contributed by atoms with Crippen molar-refractivity contribution < 1.29 is 18.7 Å². The normalized spacial score (nSPS) is 20.7. The molecular weight excluding hydrogens is 409 g/mol. The first-order valence-electron chi connectivity index (χ1n) is 9.43. The van der Waals surface area contributed by atoms with Crippen molar-refractivity contribution in [2.75, 3.05) is 13.2 Å². The Hall–Kier alpha value is -2.22. The number of nitrogens with zero attached hydrogens (tertiary/aromatic N) is 1. The molecule has 0 saturated carbocycles. The van der Waals surface area contributed by atoms with Gasteiger partial charge in [0.05, 0.1) is 17.6 Å². The van der Waals surface area contributed by atoms with E-state index in [0.717, 1.165) is 30.6 Å². The molecule has 2 saturated heterocycles. The molecule has 2 aliphatic heterocycles. The SMILES string of the molecule is O=C1/C(=C/c2ccc(OCc3cccc(F)c3)cc2)SC(=S)N1C[C@H]1CCCO1. The Bertz CT molecular complexity index is 939. The molecule has 0 bridgehead atoms. The van der Waals surface area contributed by atoms with Crippen LogP contribution in [0.5, 0.6) is 5.75 Å². The number of carbonyl (C=O) groups excluding carboxylic acids is 1. The van der Waals surface area contributed by atoms with E-state index < -0.39 is 0 Å². The van der Waals surface area contributed by atoms with E-state index in [-0.39, 0.29) is 17.8 Å². The van der Waals surface area contributed by atoms with E-state index in [1.54, 1.807) is 11.0 Å². The average molecular weight is 430 g/mol. The molecule has 2 aromatic rings. The summed E-state index contributed by atoms with van der Waals surface area (Å²) in [6.07, 6.45) is 3.91. The third kappa shape index (κ3) is 5.04. The first kappa shape index (κ1) is 20.1. The first-order valence-corrected chi connectivity index (χ1v) is 10.7. The summed E-state index contributed by atoms with van der Waals surface area (Å²) in [4.78, 5) is 14.9. The fraction of sp³-hybridized carbons (Fsp3) is 0.273. The molecule has 0 spiro atoms. The van der Waals surface area contributed by atoms with E-state index in [2.05, 4.69) is 0 Å². The van der Waals surface area contributed by atoms with Crippen LogP contribution in [0, 0.1) is 5.82 Å². The predicted molar refractivity (Wildman–Crippen MR) is 116 cm³/mol. The highest BCUT2D eigenvalue weighted by Crippen LogP contribution is 2.33. The van der Waals surface area contributed by atoms with Gasteiger partial charge < -0.3 is 9.47 Å². The van der Waals surface area contributed by atoms with Crippen molar-refractivity contribution in [3.63, 3.8) is 0 Å². The number of hydrogen-bond acceptors (Lipinski definition) is 5. The molecule has 4 rings (SSSR count). The second-order valence-electron chi connectivity index (χ2n) is 6.91. The van der Waals surface area contributed by atoms with Gasteiger partial charge in [-0.15, -0.1) is 0 Å². The number of halogens is 1. The number of rotatable bonds is 6. The molecule has 0 unspecified atom stereocenters. The van der Waals surface area contributed by atoms with E-state index in [1.165, 1.54) is 23.9 Å². The molecule has 4 nitrogen and oxygen atoms in total. The third-order valence-corrected chi connectivity index (χ3v) is 6.13. The molecule has 1 atom stereocenters. The Morgan fingerprint density at radius 2 is 2.10 bits per heavy atom. The van der Waals surface area contributed by atoms with Crippen LogP contribution < -0.4 is 4.74 Å². The molecule has 2 aliphatic rings. The van der Waals surface area contributed by atoms with Crippen molar-refractivity contribution in [1.82, 2.24) is 4.90 Å². The summed E-state index contributed by atoms with van der Waals surface area (Å²) in [6.45, 7) is 1.57. The first-order chi connectivity index (χ1) is 14.1. The monoisotopic (exact) mass is 429 g/mol. The Labute approximate surface area is 178 Å². The zero-order valence-electron chi connectivity index (χ0n) is 15.7. The summed E-state index contributed by atoms with van der Waals surface area (Å²) in [5.74, 6) is 0.331. The van der Waals surface area contributed by atoms with Gasteiger partial charge in [-0.1, -0.05) is 48.2 Å². The Morgan fingerprint density at radius 1 is 1.28 bits per heavy atom. The molecule has 0 aromatic heterocycles. The molecule has 150 valence electrons. The van der Waals surface area contributed by atoms with Crippen LogP contribution in [0.3, 0.4) is 0 Å². The van der Waals surface area contributed by atoms with Crippen molar-refractivity contribution in [3.05, 3.63) is 70.4 Å². The van der Waals surface area contributed by atoms with Crippen LogP contribution in [0.4, 0.5) is 4.39 Å². The van der Waals surface area contributed by atoms with Gasteiger partial charge in [-0.05, 0) is 54.3 Å². The summed E-state index contributed by atoms with van der Waals surface area (Å²) < 4.78 is 25.1. The van der Waals surface area contributed by atoms with Crippen molar-refractivity contribution in [3.8, 4) is 5.75 Å². The van der Waals surface area contributed by atoms with E-state index in [4.69, 9.17) is 21.7 Å². The van der Waals surface area contributed by atoms with Gasteiger partial charge in [0.1, 0.15) is 22.5 Å². The molecule has 7 heteroatoms. The summed E-state index contributed by atoms with van der Waals surface area (Å²) in [7, 11) is 0. The molecule has 2 heterocycles. The minimum absolute atomic E-state index is 0.0677. The molecule has 1 amide bonds. The highest BCUT2D eigenvalue weighted by molar-refractivity contribution is 8.26. The second kappa shape index (κ2) is 9.07. The lowest BCUT2D eigenvalue weighted by atomic mass is 10.2. The molecule has 0 radical (unpaired) electrons. The number of thioether (sulfide) groups is 1. The highest BCUT2D eigenvalue weighted by atomic mass is 32.2. The van der Waals surface area contributed by atoms with Crippen molar-refractivity contribution >= 4 is 40.3 Å². The van der Waals surface area contributed by atoms with Crippen molar-refractivity contribution in [2.45, 2.75) is 25.6 Å².